The second kappa shape index (κ2) is 10.1. The third-order valence-electron chi connectivity index (χ3n) is 7.75. The summed E-state index contributed by atoms with van der Waals surface area (Å²) >= 11 is 1.52. The highest BCUT2D eigenvalue weighted by atomic mass is 32.1. The summed E-state index contributed by atoms with van der Waals surface area (Å²) in [5.74, 6) is -0.608. The summed E-state index contributed by atoms with van der Waals surface area (Å²) in [7, 11) is 1.61. The number of methoxy groups -OCH3 is 1. The van der Waals surface area contributed by atoms with Gasteiger partial charge in [-0.2, -0.15) is 0 Å². The zero-order chi connectivity index (χ0) is 24.5. The minimum absolute atomic E-state index is 0.00109. The first kappa shape index (κ1) is 24.8. The first-order valence-corrected chi connectivity index (χ1v) is 12.7. The fourth-order valence-corrected chi connectivity index (χ4v) is 7.16. The van der Waals surface area contributed by atoms with Crippen LogP contribution in [0, 0.1) is 23.2 Å². The van der Waals surface area contributed by atoms with E-state index in [4.69, 9.17) is 9.72 Å². The molecule has 184 valence electrons. The third kappa shape index (κ3) is 4.74. The predicted octanol–water partition coefficient (Wildman–Crippen LogP) is 3.24. The number of anilines is 1. The molecular formula is C25H34N4O4S. The van der Waals surface area contributed by atoms with Crippen LogP contribution in [0.5, 0.6) is 0 Å². The van der Waals surface area contributed by atoms with Gasteiger partial charge in [0.15, 0.2) is 5.13 Å². The van der Waals surface area contributed by atoms with Gasteiger partial charge in [0, 0.05) is 48.3 Å². The van der Waals surface area contributed by atoms with Crippen LogP contribution in [0.1, 0.15) is 60.5 Å². The summed E-state index contributed by atoms with van der Waals surface area (Å²) in [5.41, 5.74) is 1.41. The number of ether oxygens (including phenoxy) is 1. The quantitative estimate of drug-likeness (QED) is 0.518. The zero-order valence-electron chi connectivity index (χ0n) is 20.2. The molecule has 1 unspecified atom stereocenters. The molecule has 1 saturated carbocycles. The van der Waals surface area contributed by atoms with Crippen molar-refractivity contribution in [2.24, 2.45) is 23.2 Å². The molecule has 34 heavy (non-hydrogen) atoms. The molecule has 3 N–H and O–H groups in total. The molecule has 0 bridgehead atoms. The summed E-state index contributed by atoms with van der Waals surface area (Å²) in [6.07, 6.45) is 5.15. The Balaban J connectivity index is 1.51. The number of carbonyl (C=O) groups is 2. The fourth-order valence-electron chi connectivity index (χ4n) is 5.90. The second-order valence-electron chi connectivity index (χ2n) is 9.93. The summed E-state index contributed by atoms with van der Waals surface area (Å²) in [6.45, 7) is 7.21. The molecule has 0 spiro atoms. The Morgan fingerprint density at radius 1 is 1.35 bits per heavy atom. The van der Waals surface area contributed by atoms with Gasteiger partial charge in [-0.05, 0) is 48.6 Å². The number of aromatic nitrogens is 2. The highest BCUT2D eigenvalue weighted by Gasteiger charge is 2.53. The van der Waals surface area contributed by atoms with E-state index < -0.39 is 6.10 Å². The number of nitrogens with one attached hydrogen (secondary N) is 2. The number of nitrogens with zero attached hydrogens (tertiary/aromatic N) is 2. The Kier molecular flexibility index (Phi) is 7.35. The number of aliphatic hydroxyl groups is 1. The zero-order valence-corrected chi connectivity index (χ0v) is 21.0. The van der Waals surface area contributed by atoms with Crippen LogP contribution in [0.3, 0.4) is 0 Å². The summed E-state index contributed by atoms with van der Waals surface area (Å²) < 4.78 is 5.02. The van der Waals surface area contributed by atoms with E-state index in [2.05, 4.69) is 29.5 Å². The van der Waals surface area contributed by atoms with Gasteiger partial charge in [-0.1, -0.05) is 20.8 Å². The lowest BCUT2D eigenvalue weighted by Gasteiger charge is -2.53. The number of pyridine rings is 1. The summed E-state index contributed by atoms with van der Waals surface area (Å²) in [5, 5.41) is 17.9. The lowest BCUT2D eigenvalue weighted by Crippen LogP contribution is -2.53. The van der Waals surface area contributed by atoms with Gasteiger partial charge in [0.25, 0.3) is 5.91 Å². The number of rotatable bonds is 7. The maximum atomic E-state index is 12.7. The molecular weight excluding hydrogens is 452 g/mol. The van der Waals surface area contributed by atoms with Gasteiger partial charge in [0.05, 0.1) is 18.4 Å². The van der Waals surface area contributed by atoms with Crippen molar-refractivity contribution < 1.29 is 19.4 Å². The van der Waals surface area contributed by atoms with Gasteiger partial charge >= 0.3 is 0 Å². The predicted molar refractivity (Wildman–Crippen MR) is 131 cm³/mol. The highest BCUT2D eigenvalue weighted by molar-refractivity contribution is 7.15. The van der Waals surface area contributed by atoms with Crippen LogP contribution in [0.25, 0.3) is 0 Å². The van der Waals surface area contributed by atoms with E-state index in [0.29, 0.717) is 23.8 Å². The van der Waals surface area contributed by atoms with Gasteiger partial charge in [0.1, 0.15) is 0 Å². The Hall–Kier alpha value is -2.36. The van der Waals surface area contributed by atoms with Crippen molar-refractivity contribution in [2.45, 2.75) is 52.1 Å². The minimum atomic E-state index is -0.596. The molecule has 0 aromatic carbocycles. The van der Waals surface area contributed by atoms with E-state index in [1.54, 1.807) is 31.6 Å². The summed E-state index contributed by atoms with van der Waals surface area (Å²) in [4.78, 5) is 35.2. The molecule has 2 aliphatic rings. The minimum Gasteiger partial charge on any atom is -0.392 e. The fraction of sp³-hybridized carbons (Fsp3) is 0.600. The van der Waals surface area contributed by atoms with Crippen molar-refractivity contribution in [3.8, 4) is 0 Å². The van der Waals surface area contributed by atoms with Crippen LogP contribution >= 0.6 is 11.3 Å². The van der Waals surface area contributed by atoms with E-state index in [0.717, 1.165) is 25.0 Å². The van der Waals surface area contributed by atoms with Crippen molar-refractivity contribution in [1.29, 1.82) is 0 Å². The molecule has 2 heterocycles. The average Bonchev–Trinajstić information content (AvgIpc) is 3.21. The first-order valence-electron chi connectivity index (χ1n) is 11.9. The molecule has 0 saturated heterocycles. The van der Waals surface area contributed by atoms with Crippen LogP contribution in [0.4, 0.5) is 5.13 Å². The monoisotopic (exact) mass is 486 g/mol. The first-order chi connectivity index (χ1) is 16.2. The number of hydrogen-bond donors (Lipinski definition) is 3. The highest BCUT2D eigenvalue weighted by Crippen LogP contribution is 2.57. The molecule has 0 aliphatic heterocycles. The van der Waals surface area contributed by atoms with Crippen molar-refractivity contribution in [1.82, 2.24) is 15.3 Å². The number of thiazole rings is 1. The standard InChI is InChI=1S/C25H34N4O4S/c1-14(22(31)27-11-12-33-4)17-5-8-25(3)13-18-20(15(2)19(25)21(17)30)28-24(34-18)29-23(32)16-6-9-26-10-7-16/h6-7,9-10,14-15,17,19,21,30H,5,8,11-13H2,1-4H3,(H,27,31)(H,28,29,32)/t14-,15-,17?,19+,21-,25-/m0/s1. The van der Waals surface area contributed by atoms with Gasteiger partial charge < -0.3 is 15.2 Å². The number of amides is 2. The maximum Gasteiger partial charge on any atom is 0.257 e. The average molecular weight is 487 g/mol. The molecule has 4 rings (SSSR count). The van der Waals surface area contributed by atoms with Gasteiger partial charge in [-0.25, -0.2) is 4.98 Å². The Morgan fingerprint density at radius 3 is 2.79 bits per heavy atom. The van der Waals surface area contributed by atoms with Crippen LogP contribution in [-0.2, 0) is 16.0 Å². The molecule has 8 nitrogen and oxygen atoms in total. The smallest absolute Gasteiger partial charge is 0.257 e. The lowest BCUT2D eigenvalue weighted by molar-refractivity contribution is -0.135. The van der Waals surface area contributed by atoms with Crippen molar-refractivity contribution >= 4 is 28.3 Å². The normalized spacial score (nSPS) is 29.0. The molecule has 2 aliphatic carbocycles. The number of hydrogen-bond acceptors (Lipinski definition) is 7. The largest absolute Gasteiger partial charge is 0.392 e. The third-order valence-corrected chi connectivity index (χ3v) is 8.73. The molecule has 1 fully saturated rings. The maximum absolute atomic E-state index is 12.7. The summed E-state index contributed by atoms with van der Waals surface area (Å²) in [6, 6.07) is 3.34. The van der Waals surface area contributed by atoms with Crippen molar-refractivity contribution in [2.75, 3.05) is 25.6 Å². The van der Waals surface area contributed by atoms with E-state index >= 15 is 0 Å². The van der Waals surface area contributed by atoms with Crippen LogP contribution in [0.2, 0.25) is 0 Å². The SMILES string of the molecule is COCCNC(=O)[C@@H](C)C1CC[C@@]2(C)Cc3sc(NC(=O)c4ccncc4)nc3[C@@H](C)[C@@H]2[C@H]1O. The van der Waals surface area contributed by atoms with Crippen molar-refractivity contribution in [3.63, 3.8) is 0 Å². The number of fused-ring (bicyclic) bond motifs is 2. The second-order valence-corrected chi connectivity index (χ2v) is 11.0. The van der Waals surface area contributed by atoms with Gasteiger partial charge in [0.2, 0.25) is 5.91 Å². The van der Waals surface area contributed by atoms with E-state index in [-0.39, 0.29) is 40.9 Å². The molecule has 6 atom stereocenters. The van der Waals surface area contributed by atoms with E-state index in [1.165, 1.54) is 16.2 Å². The molecule has 0 radical (unpaired) electrons. The molecule has 2 amide bonds. The Bertz CT molecular complexity index is 1030. The van der Waals surface area contributed by atoms with Crippen LogP contribution in [-0.4, -0.2) is 53.3 Å². The molecule has 9 heteroatoms. The topological polar surface area (TPSA) is 113 Å². The molecule has 2 aromatic rings. The molecule has 2 aromatic heterocycles. The van der Waals surface area contributed by atoms with Gasteiger partial charge in [-0.15, -0.1) is 11.3 Å². The van der Waals surface area contributed by atoms with E-state index in [1.807, 2.05) is 6.92 Å². The van der Waals surface area contributed by atoms with Crippen molar-refractivity contribution in [3.05, 3.63) is 40.7 Å². The Labute approximate surface area is 204 Å². The van der Waals surface area contributed by atoms with Crippen LogP contribution < -0.4 is 10.6 Å². The van der Waals surface area contributed by atoms with Crippen LogP contribution in [0.15, 0.2) is 24.5 Å². The lowest BCUT2D eigenvalue weighted by atomic mass is 9.53. The number of carbonyl (C=O) groups excluding carboxylic acids is 2. The Morgan fingerprint density at radius 2 is 2.09 bits per heavy atom. The van der Waals surface area contributed by atoms with Gasteiger partial charge in [-0.3, -0.25) is 19.9 Å². The number of aliphatic hydroxyl groups excluding tert-OH is 1. The van der Waals surface area contributed by atoms with E-state index in [9.17, 15) is 14.7 Å².